The van der Waals surface area contributed by atoms with Gasteiger partial charge in [0, 0.05) is 31.1 Å². The lowest BCUT2D eigenvalue weighted by molar-refractivity contribution is -0.121. The molecule has 0 radical (unpaired) electrons. The summed E-state index contributed by atoms with van der Waals surface area (Å²) in [4.78, 5) is 26.4. The zero-order valence-electron chi connectivity index (χ0n) is 17.0. The zero-order valence-corrected chi connectivity index (χ0v) is 17.0. The van der Waals surface area contributed by atoms with Gasteiger partial charge in [0.2, 0.25) is 11.8 Å². The minimum Gasteiger partial charge on any atom is -0.494 e. The Bertz CT molecular complexity index is 818. The highest BCUT2D eigenvalue weighted by Crippen LogP contribution is 2.26. The molecule has 1 aliphatic heterocycles. The van der Waals surface area contributed by atoms with Gasteiger partial charge in [-0.1, -0.05) is 12.1 Å². The normalized spacial score (nSPS) is 16.0. The predicted molar refractivity (Wildman–Crippen MR) is 112 cm³/mol. The van der Waals surface area contributed by atoms with Crippen molar-refractivity contribution in [1.29, 1.82) is 0 Å². The molecule has 0 aromatic heterocycles. The van der Waals surface area contributed by atoms with Crippen LogP contribution < -0.4 is 19.7 Å². The Balaban J connectivity index is 1.47. The highest BCUT2D eigenvalue weighted by Gasteiger charge is 2.30. The smallest absolute Gasteiger partial charge is 0.227 e. The van der Waals surface area contributed by atoms with E-state index in [0.29, 0.717) is 39.1 Å². The molecule has 1 N–H and O–H groups in total. The Kier molecular flexibility index (Phi) is 7.11. The van der Waals surface area contributed by atoms with Gasteiger partial charge in [0.1, 0.15) is 11.5 Å². The minimum atomic E-state index is -0.0406. The molecule has 0 spiro atoms. The second-order valence-electron chi connectivity index (χ2n) is 7.06. The van der Waals surface area contributed by atoms with Crippen molar-refractivity contribution in [3.63, 3.8) is 0 Å². The van der Waals surface area contributed by atoms with Gasteiger partial charge in [-0.3, -0.25) is 9.59 Å². The van der Waals surface area contributed by atoms with E-state index in [-0.39, 0.29) is 17.7 Å². The van der Waals surface area contributed by atoms with Crippen LogP contribution in [0.25, 0.3) is 0 Å². The summed E-state index contributed by atoms with van der Waals surface area (Å²) < 4.78 is 10.9. The molecule has 0 bridgehead atoms. The van der Waals surface area contributed by atoms with E-state index in [0.717, 1.165) is 22.7 Å². The Morgan fingerprint density at radius 2 is 1.59 bits per heavy atom. The van der Waals surface area contributed by atoms with E-state index >= 15 is 0 Å². The van der Waals surface area contributed by atoms with Crippen LogP contribution in [0.5, 0.6) is 11.5 Å². The van der Waals surface area contributed by atoms with Crippen LogP contribution in [0.15, 0.2) is 48.5 Å². The molecular formula is C23H28N2O4. The number of carbonyl (C=O) groups excluding carboxylic acids is 2. The SMILES string of the molecule is CCOc1ccc(CC(=O)NCC2CC(=O)N(c3ccc(OCC)cc3)C2)cc1. The van der Waals surface area contributed by atoms with Gasteiger partial charge in [0.05, 0.1) is 19.6 Å². The first-order valence-corrected chi connectivity index (χ1v) is 10.1. The number of benzene rings is 2. The molecule has 29 heavy (non-hydrogen) atoms. The molecule has 2 aromatic carbocycles. The van der Waals surface area contributed by atoms with Crippen LogP contribution in [-0.2, 0) is 16.0 Å². The fourth-order valence-electron chi connectivity index (χ4n) is 3.43. The second kappa shape index (κ2) is 9.96. The molecule has 3 rings (SSSR count). The van der Waals surface area contributed by atoms with Gasteiger partial charge in [-0.05, 0) is 55.8 Å². The fraction of sp³-hybridized carbons (Fsp3) is 0.391. The maximum absolute atomic E-state index is 12.4. The molecule has 1 atom stereocenters. The second-order valence-corrected chi connectivity index (χ2v) is 7.06. The van der Waals surface area contributed by atoms with E-state index in [9.17, 15) is 9.59 Å². The summed E-state index contributed by atoms with van der Waals surface area (Å²) in [7, 11) is 0. The van der Waals surface area contributed by atoms with Crippen molar-refractivity contribution in [2.75, 3.05) is 31.2 Å². The molecular weight excluding hydrogens is 368 g/mol. The van der Waals surface area contributed by atoms with Crippen molar-refractivity contribution in [1.82, 2.24) is 5.32 Å². The molecule has 1 heterocycles. The molecule has 0 aliphatic carbocycles. The Labute approximate surface area is 171 Å². The molecule has 1 fully saturated rings. The number of amides is 2. The molecule has 1 saturated heterocycles. The quantitative estimate of drug-likeness (QED) is 0.707. The van der Waals surface area contributed by atoms with Crippen molar-refractivity contribution in [3.8, 4) is 11.5 Å². The topological polar surface area (TPSA) is 67.9 Å². The van der Waals surface area contributed by atoms with Crippen molar-refractivity contribution in [3.05, 3.63) is 54.1 Å². The number of carbonyl (C=O) groups is 2. The minimum absolute atomic E-state index is 0.0406. The van der Waals surface area contributed by atoms with Crippen LogP contribution in [0.1, 0.15) is 25.8 Å². The van der Waals surface area contributed by atoms with Gasteiger partial charge in [-0.2, -0.15) is 0 Å². The Morgan fingerprint density at radius 3 is 2.17 bits per heavy atom. The number of nitrogens with one attached hydrogen (secondary N) is 1. The van der Waals surface area contributed by atoms with E-state index in [4.69, 9.17) is 9.47 Å². The van der Waals surface area contributed by atoms with E-state index in [1.165, 1.54) is 0 Å². The number of nitrogens with zero attached hydrogens (tertiary/aromatic N) is 1. The molecule has 1 unspecified atom stereocenters. The first-order valence-electron chi connectivity index (χ1n) is 10.1. The third-order valence-corrected chi connectivity index (χ3v) is 4.85. The number of hydrogen-bond donors (Lipinski definition) is 1. The number of hydrogen-bond acceptors (Lipinski definition) is 4. The summed E-state index contributed by atoms with van der Waals surface area (Å²) in [5.41, 5.74) is 1.80. The monoisotopic (exact) mass is 396 g/mol. The van der Waals surface area contributed by atoms with Gasteiger partial charge in [0.25, 0.3) is 0 Å². The lowest BCUT2D eigenvalue weighted by Gasteiger charge is -2.17. The van der Waals surface area contributed by atoms with Gasteiger partial charge < -0.3 is 19.7 Å². The van der Waals surface area contributed by atoms with E-state index in [1.807, 2.05) is 62.4 Å². The molecule has 154 valence electrons. The summed E-state index contributed by atoms with van der Waals surface area (Å²) in [6.45, 7) is 6.21. The molecule has 0 saturated carbocycles. The maximum atomic E-state index is 12.4. The Morgan fingerprint density at radius 1 is 1.00 bits per heavy atom. The average molecular weight is 396 g/mol. The molecule has 6 nitrogen and oxygen atoms in total. The van der Waals surface area contributed by atoms with Crippen LogP contribution in [0.2, 0.25) is 0 Å². The summed E-state index contributed by atoms with van der Waals surface area (Å²) in [5.74, 6) is 1.75. The van der Waals surface area contributed by atoms with Crippen LogP contribution in [0.4, 0.5) is 5.69 Å². The standard InChI is InChI=1S/C23H28N2O4/c1-3-28-20-9-5-17(6-10-20)13-22(26)24-15-18-14-23(27)25(16-18)19-7-11-21(12-8-19)29-4-2/h5-12,18H,3-4,13-16H2,1-2H3,(H,24,26). The first kappa shape index (κ1) is 20.7. The molecule has 1 aliphatic rings. The largest absolute Gasteiger partial charge is 0.494 e. The van der Waals surface area contributed by atoms with E-state index in [2.05, 4.69) is 5.32 Å². The van der Waals surface area contributed by atoms with Gasteiger partial charge in [-0.25, -0.2) is 0 Å². The maximum Gasteiger partial charge on any atom is 0.227 e. The van der Waals surface area contributed by atoms with Crippen molar-refractivity contribution in [2.45, 2.75) is 26.7 Å². The van der Waals surface area contributed by atoms with Gasteiger partial charge in [0.15, 0.2) is 0 Å². The predicted octanol–water partition coefficient (Wildman–Crippen LogP) is 3.20. The van der Waals surface area contributed by atoms with Crippen molar-refractivity contribution < 1.29 is 19.1 Å². The van der Waals surface area contributed by atoms with E-state index < -0.39 is 0 Å². The molecule has 2 aromatic rings. The number of ether oxygens (including phenoxy) is 2. The van der Waals surface area contributed by atoms with Crippen LogP contribution in [0.3, 0.4) is 0 Å². The fourth-order valence-corrected chi connectivity index (χ4v) is 3.43. The summed E-state index contributed by atoms with van der Waals surface area (Å²) in [6.07, 6.45) is 0.756. The summed E-state index contributed by atoms with van der Waals surface area (Å²) in [6, 6.07) is 15.1. The van der Waals surface area contributed by atoms with Crippen molar-refractivity contribution in [2.24, 2.45) is 5.92 Å². The highest BCUT2D eigenvalue weighted by molar-refractivity contribution is 5.95. The zero-order chi connectivity index (χ0) is 20.6. The number of rotatable bonds is 9. The number of anilines is 1. The summed E-state index contributed by atoms with van der Waals surface area (Å²) >= 11 is 0. The van der Waals surface area contributed by atoms with Crippen LogP contribution in [0, 0.1) is 5.92 Å². The lowest BCUT2D eigenvalue weighted by Crippen LogP contribution is -2.32. The third kappa shape index (κ3) is 5.73. The van der Waals surface area contributed by atoms with Crippen molar-refractivity contribution >= 4 is 17.5 Å². The Hall–Kier alpha value is -3.02. The first-order chi connectivity index (χ1) is 14.1. The van der Waals surface area contributed by atoms with Gasteiger partial charge >= 0.3 is 0 Å². The molecule has 2 amide bonds. The van der Waals surface area contributed by atoms with Crippen LogP contribution in [-0.4, -0.2) is 38.1 Å². The summed E-state index contributed by atoms with van der Waals surface area (Å²) in [5, 5.41) is 2.96. The highest BCUT2D eigenvalue weighted by atomic mass is 16.5. The molecule has 6 heteroatoms. The van der Waals surface area contributed by atoms with Crippen LogP contribution >= 0.6 is 0 Å². The lowest BCUT2D eigenvalue weighted by atomic mass is 10.1. The average Bonchev–Trinajstić information content (AvgIpc) is 3.10. The van der Waals surface area contributed by atoms with E-state index in [1.54, 1.807) is 4.90 Å². The van der Waals surface area contributed by atoms with Gasteiger partial charge in [-0.15, -0.1) is 0 Å². The third-order valence-electron chi connectivity index (χ3n) is 4.85.